The average Bonchev–Trinajstić information content (AvgIpc) is 2.15. The van der Waals surface area contributed by atoms with Gasteiger partial charge in [0, 0.05) is 19.8 Å². The highest BCUT2D eigenvalue weighted by Gasteiger charge is 2.26. The molecule has 0 heterocycles. The Labute approximate surface area is 81.8 Å². The van der Waals surface area contributed by atoms with Gasteiger partial charge in [-0.3, -0.25) is 0 Å². The molecule has 1 aliphatic rings. The molecule has 0 saturated heterocycles. The number of rotatable bonds is 4. The van der Waals surface area contributed by atoms with Crippen molar-refractivity contribution in [1.82, 2.24) is 0 Å². The predicted octanol–water partition coefficient (Wildman–Crippen LogP) is 2.18. The Bertz CT molecular complexity index is 138. The van der Waals surface area contributed by atoms with Crippen LogP contribution in [0, 0.1) is 11.8 Å². The van der Waals surface area contributed by atoms with Crippen LogP contribution in [-0.2, 0) is 4.74 Å². The zero-order chi connectivity index (χ0) is 9.68. The fourth-order valence-electron chi connectivity index (χ4n) is 2.41. The van der Waals surface area contributed by atoms with Crippen molar-refractivity contribution in [2.75, 3.05) is 13.7 Å². The summed E-state index contributed by atoms with van der Waals surface area (Å²) in [6.45, 7) is 3.19. The van der Waals surface area contributed by atoms with Crippen molar-refractivity contribution >= 4 is 0 Å². The number of nitrogens with two attached hydrogens (primary N) is 1. The molecule has 13 heavy (non-hydrogen) atoms. The summed E-state index contributed by atoms with van der Waals surface area (Å²) in [5, 5.41) is 0. The van der Waals surface area contributed by atoms with Crippen LogP contribution in [0.3, 0.4) is 0 Å². The van der Waals surface area contributed by atoms with Gasteiger partial charge in [-0.15, -0.1) is 0 Å². The third kappa shape index (κ3) is 3.28. The Morgan fingerprint density at radius 3 is 2.69 bits per heavy atom. The molecule has 0 aromatic heterocycles. The zero-order valence-corrected chi connectivity index (χ0v) is 8.96. The van der Waals surface area contributed by atoms with Gasteiger partial charge in [0.05, 0.1) is 0 Å². The second-order valence-electron chi connectivity index (χ2n) is 4.37. The summed E-state index contributed by atoms with van der Waals surface area (Å²) in [5.41, 5.74) is 6.11. The summed E-state index contributed by atoms with van der Waals surface area (Å²) >= 11 is 0. The number of ether oxygens (including phenoxy) is 1. The minimum Gasteiger partial charge on any atom is -0.385 e. The van der Waals surface area contributed by atoms with Crippen LogP contribution in [0.5, 0.6) is 0 Å². The van der Waals surface area contributed by atoms with Crippen LogP contribution in [0.2, 0.25) is 0 Å². The minimum absolute atomic E-state index is 0.445. The predicted molar refractivity (Wildman–Crippen MR) is 55.6 cm³/mol. The minimum atomic E-state index is 0.445. The van der Waals surface area contributed by atoms with Crippen molar-refractivity contribution in [3.05, 3.63) is 0 Å². The van der Waals surface area contributed by atoms with Crippen LogP contribution in [0.1, 0.15) is 39.0 Å². The van der Waals surface area contributed by atoms with E-state index >= 15 is 0 Å². The van der Waals surface area contributed by atoms with Crippen molar-refractivity contribution in [1.29, 1.82) is 0 Å². The first-order valence-corrected chi connectivity index (χ1v) is 5.50. The van der Waals surface area contributed by atoms with Crippen molar-refractivity contribution in [3.63, 3.8) is 0 Å². The molecule has 0 aromatic carbocycles. The zero-order valence-electron chi connectivity index (χ0n) is 8.96. The largest absolute Gasteiger partial charge is 0.385 e. The highest BCUT2D eigenvalue weighted by atomic mass is 16.5. The van der Waals surface area contributed by atoms with Crippen LogP contribution < -0.4 is 5.73 Å². The lowest BCUT2D eigenvalue weighted by Gasteiger charge is -2.33. The summed E-state index contributed by atoms with van der Waals surface area (Å²) in [4.78, 5) is 0. The molecule has 78 valence electrons. The van der Waals surface area contributed by atoms with E-state index in [4.69, 9.17) is 10.5 Å². The van der Waals surface area contributed by atoms with E-state index in [1.54, 1.807) is 7.11 Å². The summed E-state index contributed by atoms with van der Waals surface area (Å²) in [6, 6.07) is 0.445. The highest BCUT2D eigenvalue weighted by Crippen LogP contribution is 2.30. The van der Waals surface area contributed by atoms with E-state index in [1.807, 2.05) is 0 Å². The van der Waals surface area contributed by atoms with Crippen LogP contribution in [0.25, 0.3) is 0 Å². The standard InChI is InChI=1S/C11H23NO/c1-9(7-8-13-2)10-5-3-4-6-11(10)12/h9-11H,3-8,12H2,1-2H3. The van der Waals surface area contributed by atoms with Gasteiger partial charge < -0.3 is 10.5 Å². The quantitative estimate of drug-likeness (QED) is 0.728. The first-order valence-electron chi connectivity index (χ1n) is 5.50. The van der Waals surface area contributed by atoms with Gasteiger partial charge in [0.2, 0.25) is 0 Å². The molecule has 0 radical (unpaired) electrons. The Morgan fingerprint density at radius 1 is 1.38 bits per heavy atom. The molecule has 1 fully saturated rings. The van der Waals surface area contributed by atoms with Crippen LogP contribution in [0.15, 0.2) is 0 Å². The Morgan fingerprint density at radius 2 is 2.08 bits per heavy atom. The summed E-state index contributed by atoms with van der Waals surface area (Å²) < 4.78 is 5.10. The van der Waals surface area contributed by atoms with E-state index in [9.17, 15) is 0 Å². The first kappa shape index (κ1) is 11.0. The van der Waals surface area contributed by atoms with Crippen molar-refractivity contribution in [2.45, 2.75) is 45.1 Å². The lowest BCUT2D eigenvalue weighted by Crippen LogP contribution is -2.37. The molecule has 0 spiro atoms. The van der Waals surface area contributed by atoms with Gasteiger partial charge >= 0.3 is 0 Å². The van der Waals surface area contributed by atoms with E-state index in [1.165, 1.54) is 25.7 Å². The van der Waals surface area contributed by atoms with Crippen LogP contribution in [-0.4, -0.2) is 19.8 Å². The van der Waals surface area contributed by atoms with E-state index in [-0.39, 0.29) is 0 Å². The van der Waals surface area contributed by atoms with Gasteiger partial charge in [0.25, 0.3) is 0 Å². The van der Waals surface area contributed by atoms with Crippen molar-refractivity contribution in [3.8, 4) is 0 Å². The lowest BCUT2D eigenvalue weighted by molar-refractivity contribution is 0.144. The summed E-state index contributed by atoms with van der Waals surface area (Å²) in [6.07, 6.45) is 6.41. The molecule has 2 nitrogen and oxygen atoms in total. The summed E-state index contributed by atoms with van der Waals surface area (Å²) in [7, 11) is 1.77. The first-order chi connectivity index (χ1) is 6.25. The molecule has 0 aromatic rings. The van der Waals surface area contributed by atoms with Gasteiger partial charge in [0.15, 0.2) is 0 Å². The fraction of sp³-hybridized carbons (Fsp3) is 1.00. The molecule has 1 aliphatic carbocycles. The Balaban J connectivity index is 2.30. The van der Waals surface area contributed by atoms with Gasteiger partial charge in [-0.05, 0) is 31.1 Å². The third-order valence-electron chi connectivity index (χ3n) is 3.38. The highest BCUT2D eigenvalue weighted by molar-refractivity contribution is 4.81. The third-order valence-corrected chi connectivity index (χ3v) is 3.38. The molecule has 2 N–H and O–H groups in total. The van der Waals surface area contributed by atoms with E-state index in [0.717, 1.165) is 24.9 Å². The maximum absolute atomic E-state index is 6.11. The molecule has 0 aliphatic heterocycles. The molecular weight excluding hydrogens is 162 g/mol. The molecule has 0 amide bonds. The van der Waals surface area contributed by atoms with Gasteiger partial charge in [-0.1, -0.05) is 19.8 Å². The van der Waals surface area contributed by atoms with Gasteiger partial charge in [-0.2, -0.15) is 0 Å². The summed E-state index contributed by atoms with van der Waals surface area (Å²) in [5.74, 6) is 1.47. The smallest absolute Gasteiger partial charge is 0.0464 e. The topological polar surface area (TPSA) is 35.2 Å². The molecule has 3 atom stereocenters. The fourth-order valence-corrected chi connectivity index (χ4v) is 2.41. The van der Waals surface area contributed by atoms with Crippen LogP contribution in [0.4, 0.5) is 0 Å². The molecule has 1 rings (SSSR count). The van der Waals surface area contributed by atoms with Gasteiger partial charge in [0.1, 0.15) is 0 Å². The normalized spacial score (nSPS) is 31.6. The maximum atomic E-state index is 6.11. The monoisotopic (exact) mass is 185 g/mol. The molecule has 0 bridgehead atoms. The van der Waals surface area contributed by atoms with Crippen molar-refractivity contribution in [2.24, 2.45) is 17.6 Å². The van der Waals surface area contributed by atoms with E-state index < -0.39 is 0 Å². The number of hydrogen-bond acceptors (Lipinski definition) is 2. The van der Waals surface area contributed by atoms with E-state index in [0.29, 0.717) is 6.04 Å². The second-order valence-corrected chi connectivity index (χ2v) is 4.37. The molecule has 3 unspecified atom stereocenters. The Kier molecular flexibility index (Phi) is 4.74. The number of methoxy groups -OCH3 is 1. The average molecular weight is 185 g/mol. The van der Waals surface area contributed by atoms with Crippen molar-refractivity contribution < 1.29 is 4.74 Å². The van der Waals surface area contributed by atoms with E-state index in [2.05, 4.69) is 6.92 Å². The van der Waals surface area contributed by atoms with Crippen LogP contribution >= 0.6 is 0 Å². The maximum Gasteiger partial charge on any atom is 0.0464 e. The second kappa shape index (κ2) is 5.61. The molecule has 2 heteroatoms. The van der Waals surface area contributed by atoms with Gasteiger partial charge in [-0.25, -0.2) is 0 Å². The lowest BCUT2D eigenvalue weighted by atomic mass is 9.76. The molecule has 1 saturated carbocycles. The number of hydrogen-bond donors (Lipinski definition) is 1. The SMILES string of the molecule is COCCC(C)C1CCCCC1N. The molecular formula is C11H23NO. The Hall–Kier alpha value is -0.0800.